The van der Waals surface area contributed by atoms with E-state index in [0.717, 1.165) is 12.7 Å². The Kier molecular flexibility index (Phi) is 30.5. The first-order valence-electron chi connectivity index (χ1n) is 6.53. The number of nitrogens with one attached hydrogen (secondary N) is 4. The van der Waals surface area contributed by atoms with E-state index in [0.29, 0.717) is 31.2 Å². The molecule has 0 heterocycles. The summed E-state index contributed by atoms with van der Waals surface area (Å²) in [7, 11) is 0. The van der Waals surface area contributed by atoms with Crippen LogP contribution in [0.4, 0.5) is 0 Å². The largest absolute Gasteiger partial charge is 0.290 e. The predicted octanol–water partition coefficient (Wildman–Crippen LogP) is 3.64. The third kappa shape index (κ3) is 24.8. The van der Waals surface area contributed by atoms with Crippen LogP contribution in [0.25, 0.3) is 0 Å². The number of hydrogen-bond acceptors (Lipinski definition) is 6. The van der Waals surface area contributed by atoms with E-state index in [1.54, 1.807) is 13.8 Å². The van der Waals surface area contributed by atoms with Gasteiger partial charge in [-0.2, -0.15) is 20.4 Å². The van der Waals surface area contributed by atoms with Crippen molar-refractivity contribution in [2.45, 2.75) is 49.0 Å². The van der Waals surface area contributed by atoms with Crippen molar-refractivity contribution in [1.82, 2.24) is 10.9 Å². The number of hydrogen-bond donors (Lipinski definition) is 4. The molecule has 0 aromatic heterocycles. The van der Waals surface area contributed by atoms with Gasteiger partial charge in [-0.25, -0.2) is 0 Å². The molecule has 0 unspecified atom stereocenters. The zero-order chi connectivity index (χ0) is 16.3. The van der Waals surface area contributed by atoms with Crippen LogP contribution in [0, 0.1) is 10.8 Å². The van der Waals surface area contributed by atoms with Gasteiger partial charge >= 0.3 is 0 Å². The summed E-state index contributed by atoms with van der Waals surface area (Å²) in [5.41, 5.74) is 4.69. The molecule has 10 heteroatoms. The fourth-order valence-electron chi connectivity index (χ4n) is 0.813. The molecule has 0 aliphatic heterocycles. The summed E-state index contributed by atoms with van der Waals surface area (Å²) >= 11 is 0. The molecule has 4 N–H and O–H groups in total. The summed E-state index contributed by atoms with van der Waals surface area (Å²) in [4.78, 5) is 0. The lowest BCUT2D eigenvalue weighted by molar-refractivity contribution is 0.790. The van der Waals surface area contributed by atoms with E-state index in [4.69, 9.17) is 10.8 Å². The lowest BCUT2D eigenvalue weighted by atomic mass is 10.4. The van der Waals surface area contributed by atoms with Crippen LogP contribution < -0.4 is 10.9 Å². The second-order valence-electron chi connectivity index (χ2n) is 3.15. The second-order valence-corrected chi connectivity index (χ2v) is 3.15. The maximum atomic E-state index is 6.70. The van der Waals surface area contributed by atoms with Gasteiger partial charge in [0.1, 0.15) is 0 Å². The van der Waals surface area contributed by atoms with Gasteiger partial charge in [0.05, 0.1) is 25.8 Å². The molecule has 0 radical (unpaired) electrons. The van der Waals surface area contributed by atoms with Gasteiger partial charge in [0, 0.05) is 0 Å². The Morgan fingerprint density at radius 2 is 1.17 bits per heavy atom. The minimum atomic E-state index is 0. The molecule has 23 heavy (non-hydrogen) atoms. The molecule has 0 bridgehead atoms. The molecule has 0 atom stereocenters. The van der Waals surface area contributed by atoms with E-state index in [2.05, 4.69) is 41.5 Å². The van der Waals surface area contributed by atoms with Crippen LogP contribution >= 0.6 is 0 Å². The highest BCUT2D eigenvalue weighted by molar-refractivity contribution is 5.80. The zero-order valence-electron chi connectivity index (χ0n) is 13.0. The van der Waals surface area contributed by atoms with Gasteiger partial charge in [-0.05, 0) is 20.3 Å². The monoisotopic (exact) mass is 328 g/mol. The van der Waals surface area contributed by atoms with E-state index in [1.165, 1.54) is 0 Å². The summed E-state index contributed by atoms with van der Waals surface area (Å²) in [6.45, 7) is 8.39. The Bertz CT molecular complexity index is 348. The first kappa shape index (κ1) is 28.6. The fourth-order valence-corrected chi connectivity index (χ4v) is 0.813. The Balaban J connectivity index is -0.000000432. The third-order valence-electron chi connectivity index (χ3n) is 1.53. The van der Waals surface area contributed by atoms with Crippen LogP contribution in [0.2, 0.25) is 0 Å². The normalized spacial score (nSPS) is 11.0. The highest BCUT2D eigenvalue weighted by Gasteiger charge is 1.87. The second kappa shape index (κ2) is 24.5. The van der Waals surface area contributed by atoms with Gasteiger partial charge in [-0.3, -0.25) is 21.7 Å². The average molecular weight is 328 g/mol. The van der Waals surface area contributed by atoms with Crippen LogP contribution in [0.1, 0.15) is 49.0 Å². The highest BCUT2D eigenvalue weighted by atomic mass is 15.3. The Morgan fingerprint density at radius 3 is 1.48 bits per heavy atom. The molecule has 10 nitrogen and oxygen atoms in total. The average Bonchev–Trinajstić information content (AvgIpc) is 2.51. The highest BCUT2D eigenvalue weighted by Crippen LogP contribution is 1.88. The molecular formula is C13H32N10. The smallest absolute Gasteiger partial charge is 0.167 e. The third-order valence-corrected chi connectivity index (χ3v) is 1.53. The summed E-state index contributed by atoms with van der Waals surface area (Å²) in [6.07, 6.45) is 2.62. The standard InChI is InChI=1S/C9H18N10.C2H6.2CH4/c1-8(18-14-6-10)16-12-4-3-5-13-17-9(2)19-15-7-11;1-2;;/h6-7H,3-5H2,1-2H3,(H2,10,14)(H2,11,15);1-2H3;2*1H4/b16-12?,17-13?,18-8-,19-9-;;;. The summed E-state index contributed by atoms with van der Waals surface area (Å²) in [6, 6.07) is 0. The molecule has 0 rings (SSSR count). The summed E-state index contributed by atoms with van der Waals surface area (Å²) in [5.74, 6) is 0.900. The minimum absolute atomic E-state index is 0. The van der Waals surface area contributed by atoms with Crippen molar-refractivity contribution in [2.75, 3.05) is 13.1 Å². The predicted molar refractivity (Wildman–Crippen MR) is 98.9 cm³/mol. The van der Waals surface area contributed by atoms with Gasteiger partial charge < -0.3 is 0 Å². The fraction of sp³-hybridized carbons (Fsp3) is 0.692. The molecular weight excluding hydrogens is 296 g/mol. The summed E-state index contributed by atoms with van der Waals surface area (Å²) < 4.78 is 0. The van der Waals surface area contributed by atoms with Gasteiger partial charge in [0.25, 0.3) is 0 Å². The molecule has 0 aromatic rings. The van der Waals surface area contributed by atoms with E-state index in [1.807, 2.05) is 13.8 Å². The molecule has 0 amide bonds. The van der Waals surface area contributed by atoms with E-state index in [-0.39, 0.29) is 14.9 Å². The van der Waals surface area contributed by atoms with Crippen LogP contribution in [-0.2, 0) is 0 Å². The maximum Gasteiger partial charge on any atom is 0.167 e. The van der Waals surface area contributed by atoms with Crippen molar-refractivity contribution in [3.8, 4) is 0 Å². The quantitative estimate of drug-likeness (QED) is 0.177. The van der Waals surface area contributed by atoms with E-state index < -0.39 is 0 Å². The molecule has 0 fully saturated rings. The van der Waals surface area contributed by atoms with Crippen molar-refractivity contribution in [3.05, 3.63) is 0 Å². The van der Waals surface area contributed by atoms with Crippen LogP contribution in [-0.4, -0.2) is 37.4 Å². The number of nitrogens with zero attached hydrogens (tertiary/aromatic N) is 6. The molecule has 134 valence electrons. The lowest BCUT2D eigenvalue weighted by Gasteiger charge is -1.92. The van der Waals surface area contributed by atoms with Crippen molar-refractivity contribution < 1.29 is 0 Å². The Hall–Kier alpha value is -2.52. The number of amidine groups is 2. The Labute approximate surface area is 139 Å². The number of azo groups is 2. The first-order valence-corrected chi connectivity index (χ1v) is 6.53. The molecule has 0 aliphatic carbocycles. The zero-order valence-corrected chi connectivity index (χ0v) is 13.0. The van der Waals surface area contributed by atoms with Crippen molar-refractivity contribution >= 4 is 24.3 Å². The van der Waals surface area contributed by atoms with Crippen LogP contribution in [0.5, 0.6) is 0 Å². The topological polar surface area (TPSA) is 146 Å². The SMILES string of the molecule is C.C.C/C(N=NCCCN=N/C(C)=N\NC=N)=N/NC=N.CC. The molecule has 0 spiro atoms. The minimum Gasteiger partial charge on any atom is -0.290 e. The Morgan fingerprint density at radius 1 is 0.826 bits per heavy atom. The molecule has 0 aromatic carbocycles. The molecule has 0 aliphatic rings. The maximum absolute atomic E-state index is 6.70. The molecule has 0 saturated carbocycles. The van der Waals surface area contributed by atoms with Crippen LogP contribution in [0.3, 0.4) is 0 Å². The number of rotatable bonds is 8. The van der Waals surface area contributed by atoms with Crippen molar-refractivity contribution in [1.29, 1.82) is 10.8 Å². The first-order chi connectivity index (χ1) is 10.2. The molecule has 0 saturated heterocycles. The van der Waals surface area contributed by atoms with Crippen molar-refractivity contribution in [3.63, 3.8) is 0 Å². The van der Waals surface area contributed by atoms with Gasteiger partial charge in [0.2, 0.25) is 0 Å². The lowest BCUT2D eigenvalue weighted by Crippen LogP contribution is -2.03. The van der Waals surface area contributed by atoms with Gasteiger partial charge in [-0.1, -0.05) is 28.7 Å². The van der Waals surface area contributed by atoms with E-state index >= 15 is 0 Å². The summed E-state index contributed by atoms with van der Waals surface area (Å²) in [5, 5.41) is 36.2. The van der Waals surface area contributed by atoms with Crippen LogP contribution in [0.15, 0.2) is 30.7 Å². The number of hydrazone groups is 2. The van der Waals surface area contributed by atoms with Gasteiger partial charge in [0.15, 0.2) is 11.7 Å². The van der Waals surface area contributed by atoms with E-state index in [9.17, 15) is 0 Å². The van der Waals surface area contributed by atoms with Crippen molar-refractivity contribution in [2.24, 2.45) is 30.7 Å². The van der Waals surface area contributed by atoms with Gasteiger partial charge in [-0.15, -0.1) is 10.2 Å².